The van der Waals surface area contributed by atoms with Gasteiger partial charge in [-0.3, -0.25) is 19.3 Å². The molecule has 230 valence electrons. The minimum absolute atomic E-state index is 0. The van der Waals surface area contributed by atoms with Crippen molar-refractivity contribution < 1.29 is 24.2 Å². The fraction of sp³-hybridized carbons (Fsp3) is 0.531. The van der Waals surface area contributed by atoms with Gasteiger partial charge in [-0.15, -0.1) is 12.4 Å². The number of aliphatic hydroxyl groups is 1. The van der Waals surface area contributed by atoms with Gasteiger partial charge in [-0.25, -0.2) is 0 Å². The smallest absolute Gasteiger partial charge is 0.251 e. The van der Waals surface area contributed by atoms with Gasteiger partial charge in [0.05, 0.1) is 6.10 Å². The molecule has 2 aromatic rings. The van der Waals surface area contributed by atoms with E-state index in [1.807, 2.05) is 45.0 Å². The van der Waals surface area contributed by atoms with Gasteiger partial charge in [0.1, 0.15) is 23.1 Å². The van der Waals surface area contributed by atoms with Crippen LogP contribution in [0.15, 0.2) is 48.5 Å². The molecule has 2 aliphatic rings. The number of amides is 3. The van der Waals surface area contributed by atoms with E-state index in [4.69, 9.17) is 4.74 Å². The van der Waals surface area contributed by atoms with Crippen molar-refractivity contribution in [1.82, 2.24) is 20.4 Å². The summed E-state index contributed by atoms with van der Waals surface area (Å²) < 4.78 is 5.93. The number of nitrogens with zero attached hydrogens (tertiary/aromatic N) is 2. The molecule has 3 N–H and O–H groups in total. The summed E-state index contributed by atoms with van der Waals surface area (Å²) in [7, 11) is 1.60. The third kappa shape index (κ3) is 7.25. The number of piperazine rings is 1. The van der Waals surface area contributed by atoms with Crippen LogP contribution in [-0.2, 0) is 16.1 Å². The average molecular weight is 601 g/mol. The van der Waals surface area contributed by atoms with Crippen LogP contribution in [0.4, 0.5) is 0 Å². The Kier molecular flexibility index (Phi) is 11.0. The Hall–Kier alpha value is -3.14. The number of carbonyl (C=O) groups is 3. The molecule has 2 aliphatic heterocycles. The van der Waals surface area contributed by atoms with E-state index in [-0.39, 0.29) is 30.1 Å². The van der Waals surface area contributed by atoms with E-state index in [2.05, 4.69) is 22.5 Å². The predicted molar refractivity (Wildman–Crippen MR) is 165 cm³/mol. The van der Waals surface area contributed by atoms with Crippen LogP contribution >= 0.6 is 12.4 Å². The summed E-state index contributed by atoms with van der Waals surface area (Å²) in [5.41, 5.74) is 0.297. The number of ether oxygens (including phenoxy) is 1. The summed E-state index contributed by atoms with van der Waals surface area (Å²) >= 11 is 0. The van der Waals surface area contributed by atoms with Crippen molar-refractivity contribution in [3.63, 3.8) is 0 Å². The second-order valence-corrected chi connectivity index (χ2v) is 12.3. The first-order valence-corrected chi connectivity index (χ1v) is 14.6. The van der Waals surface area contributed by atoms with Gasteiger partial charge in [0.15, 0.2) is 0 Å². The Balaban J connectivity index is 0.00000484. The van der Waals surface area contributed by atoms with Crippen molar-refractivity contribution in [1.29, 1.82) is 0 Å². The summed E-state index contributed by atoms with van der Waals surface area (Å²) in [6.45, 7) is 10.3. The molecule has 0 aliphatic carbocycles. The van der Waals surface area contributed by atoms with E-state index in [1.54, 1.807) is 36.2 Å². The average Bonchev–Trinajstić information content (AvgIpc) is 2.96. The van der Waals surface area contributed by atoms with Gasteiger partial charge < -0.3 is 25.4 Å². The van der Waals surface area contributed by atoms with Crippen LogP contribution in [0.25, 0.3) is 0 Å². The summed E-state index contributed by atoms with van der Waals surface area (Å²) in [6.07, 6.45) is 1.88. The van der Waals surface area contributed by atoms with Crippen LogP contribution in [-0.4, -0.2) is 77.0 Å². The van der Waals surface area contributed by atoms with Gasteiger partial charge in [-0.1, -0.05) is 46.2 Å². The van der Waals surface area contributed by atoms with Gasteiger partial charge in [0, 0.05) is 38.8 Å². The topological polar surface area (TPSA) is 111 Å². The standard InChI is InChI=1S/C32H44N4O5.ClH/c1-6-7-18-36-29(39)26(27(37)31(2,3)4)34-30(40)32(36)16-19-35(20-17-32)21-22-8-12-24(13-9-22)41-25-14-10-23(11-15-25)28(38)33-5;/h8-15,26-27,37H,6-7,16-21H2,1-5H3,(H,33,38)(H,34,40);1H/t26-,27+;/m1./s1. The van der Waals surface area contributed by atoms with Crippen molar-refractivity contribution in [3.8, 4) is 11.5 Å². The molecular weight excluding hydrogens is 556 g/mol. The fourth-order valence-corrected chi connectivity index (χ4v) is 5.65. The number of aliphatic hydroxyl groups excluding tert-OH is 1. The van der Waals surface area contributed by atoms with E-state index in [0.717, 1.165) is 24.9 Å². The molecule has 0 bridgehead atoms. The predicted octanol–water partition coefficient (Wildman–Crippen LogP) is 4.13. The number of hydrogen-bond acceptors (Lipinski definition) is 6. The van der Waals surface area contributed by atoms with Crippen LogP contribution in [0.5, 0.6) is 11.5 Å². The van der Waals surface area contributed by atoms with Crippen molar-refractivity contribution in [3.05, 3.63) is 59.7 Å². The zero-order valence-electron chi connectivity index (χ0n) is 25.3. The van der Waals surface area contributed by atoms with Gasteiger partial charge in [0.25, 0.3) is 5.91 Å². The Morgan fingerprint density at radius 1 is 1.07 bits per heavy atom. The first kappa shape index (κ1) is 33.4. The number of nitrogens with one attached hydrogen (secondary N) is 2. The van der Waals surface area contributed by atoms with Crippen LogP contribution < -0.4 is 15.4 Å². The van der Waals surface area contributed by atoms with E-state index >= 15 is 0 Å². The largest absolute Gasteiger partial charge is 0.457 e. The Labute approximate surface area is 255 Å². The lowest BCUT2D eigenvalue weighted by atomic mass is 9.78. The van der Waals surface area contributed by atoms with Gasteiger partial charge >= 0.3 is 0 Å². The molecule has 0 unspecified atom stereocenters. The first-order chi connectivity index (χ1) is 19.5. The van der Waals surface area contributed by atoms with E-state index in [9.17, 15) is 19.5 Å². The molecule has 2 saturated heterocycles. The number of halogens is 1. The molecule has 0 radical (unpaired) electrons. The van der Waals surface area contributed by atoms with E-state index in [0.29, 0.717) is 49.5 Å². The normalized spacial score (nSPS) is 19.6. The highest BCUT2D eigenvalue weighted by Gasteiger charge is 2.55. The molecule has 1 spiro atoms. The molecule has 2 fully saturated rings. The van der Waals surface area contributed by atoms with Gasteiger partial charge in [-0.2, -0.15) is 0 Å². The molecule has 10 heteroatoms. The lowest BCUT2D eigenvalue weighted by Gasteiger charge is -2.53. The van der Waals surface area contributed by atoms with Crippen molar-refractivity contribution in [2.45, 2.75) is 77.6 Å². The maximum atomic E-state index is 13.6. The van der Waals surface area contributed by atoms with E-state index < -0.39 is 23.1 Å². The SMILES string of the molecule is CCCCN1C(=O)[C@@H]([C@H](O)C(C)(C)C)NC(=O)C12CCN(Cc1ccc(Oc3ccc(C(=O)NC)cc3)cc1)CC2.Cl. The molecule has 0 aromatic heterocycles. The Morgan fingerprint density at radius 2 is 1.64 bits per heavy atom. The molecule has 4 rings (SSSR count). The quantitative estimate of drug-likeness (QED) is 0.399. The summed E-state index contributed by atoms with van der Waals surface area (Å²) in [4.78, 5) is 43.0. The Morgan fingerprint density at radius 3 is 2.17 bits per heavy atom. The van der Waals surface area contributed by atoms with Gasteiger partial charge in [0.2, 0.25) is 11.8 Å². The lowest BCUT2D eigenvalue weighted by Crippen LogP contribution is -2.75. The Bertz CT molecular complexity index is 1220. The molecule has 0 saturated carbocycles. The first-order valence-electron chi connectivity index (χ1n) is 14.6. The highest BCUT2D eigenvalue weighted by atomic mass is 35.5. The molecule has 3 amide bonds. The minimum atomic E-state index is -0.964. The zero-order valence-corrected chi connectivity index (χ0v) is 26.1. The van der Waals surface area contributed by atoms with Gasteiger partial charge in [-0.05, 0) is 66.6 Å². The number of rotatable bonds is 9. The highest BCUT2D eigenvalue weighted by molar-refractivity contribution is 6.00. The van der Waals surface area contributed by atoms with Crippen LogP contribution in [0.3, 0.4) is 0 Å². The molecule has 2 aromatic carbocycles. The minimum Gasteiger partial charge on any atom is -0.457 e. The third-order valence-electron chi connectivity index (χ3n) is 8.29. The molecule has 2 atom stereocenters. The maximum Gasteiger partial charge on any atom is 0.251 e. The van der Waals surface area contributed by atoms with Crippen LogP contribution in [0, 0.1) is 5.41 Å². The monoisotopic (exact) mass is 600 g/mol. The zero-order chi connectivity index (χ0) is 29.8. The lowest BCUT2D eigenvalue weighted by molar-refractivity contribution is -0.166. The number of likely N-dealkylation sites (tertiary alicyclic amines) is 1. The number of benzene rings is 2. The highest BCUT2D eigenvalue weighted by Crippen LogP contribution is 2.36. The number of hydrogen-bond donors (Lipinski definition) is 3. The second-order valence-electron chi connectivity index (χ2n) is 12.3. The second kappa shape index (κ2) is 13.9. The van der Waals surface area contributed by atoms with Crippen molar-refractivity contribution in [2.24, 2.45) is 5.41 Å². The van der Waals surface area contributed by atoms with Crippen molar-refractivity contribution in [2.75, 3.05) is 26.7 Å². The van der Waals surface area contributed by atoms with Crippen molar-refractivity contribution >= 4 is 30.1 Å². The third-order valence-corrected chi connectivity index (χ3v) is 8.29. The molecular formula is C32H45ClN4O5. The molecule has 9 nitrogen and oxygen atoms in total. The molecule has 42 heavy (non-hydrogen) atoms. The maximum absolute atomic E-state index is 13.6. The van der Waals surface area contributed by atoms with E-state index in [1.165, 1.54) is 0 Å². The fourth-order valence-electron chi connectivity index (χ4n) is 5.65. The summed E-state index contributed by atoms with van der Waals surface area (Å²) in [6, 6.07) is 14.0. The summed E-state index contributed by atoms with van der Waals surface area (Å²) in [5.74, 6) is 0.892. The molecule has 2 heterocycles. The van der Waals surface area contributed by atoms with Crippen LogP contribution in [0.1, 0.15) is 69.3 Å². The number of carbonyl (C=O) groups excluding carboxylic acids is 3. The number of unbranched alkanes of at least 4 members (excludes halogenated alkanes) is 1. The summed E-state index contributed by atoms with van der Waals surface area (Å²) in [5, 5.41) is 16.4. The number of piperidine rings is 1. The van der Waals surface area contributed by atoms with Crippen LogP contribution in [0.2, 0.25) is 0 Å².